The number of methoxy groups -OCH3 is 1. The Bertz CT molecular complexity index is 585. The molecule has 140 valence electrons. The second-order valence-electron chi connectivity index (χ2n) is 6.61. The Morgan fingerprint density at radius 1 is 1.16 bits per heavy atom. The number of halogens is 1. The number of esters is 1. The van der Waals surface area contributed by atoms with Gasteiger partial charge in [0.25, 0.3) is 0 Å². The summed E-state index contributed by atoms with van der Waals surface area (Å²) in [6, 6.07) is 5.78. The summed E-state index contributed by atoms with van der Waals surface area (Å²) < 4.78 is 11.1. The fourth-order valence-corrected chi connectivity index (χ4v) is 2.48. The minimum atomic E-state index is -0.350. The van der Waals surface area contributed by atoms with Gasteiger partial charge in [0, 0.05) is 13.1 Å². The van der Waals surface area contributed by atoms with E-state index in [1.165, 1.54) is 12.7 Å². The Kier molecular flexibility index (Phi) is 8.75. The summed E-state index contributed by atoms with van der Waals surface area (Å²) in [4.78, 5) is 22.4. The van der Waals surface area contributed by atoms with Crippen LogP contribution in [-0.4, -0.2) is 38.8 Å². The molecule has 0 bridgehead atoms. The van der Waals surface area contributed by atoms with Crippen molar-refractivity contribution in [2.45, 2.75) is 39.0 Å². The molecule has 0 fully saturated rings. The number of hydrogen-bond acceptors (Lipinski definition) is 4. The number of hydrogen-bond donors (Lipinski definition) is 2. The Hall–Kier alpha value is -1.76. The van der Waals surface area contributed by atoms with Crippen LogP contribution in [0.1, 0.15) is 39.2 Å². The molecule has 0 unspecified atom stereocenters. The molecule has 0 aliphatic carbocycles. The van der Waals surface area contributed by atoms with E-state index in [0.717, 1.165) is 10.2 Å². The Balaban J connectivity index is 2.23. The molecule has 0 heterocycles. The molecule has 0 aliphatic heterocycles. The molecule has 1 aromatic carbocycles. The van der Waals surface area contributed by atoms with Crippen LogP contribution in [0.4, 0.5) is 4.79 Å². The number of nitrogens with one attached hydrogen (secondary N) is 2. The second-order valence-corrected chi connectivity index (χ2v) is 7.46. The zero-order valence-electron chi connectivity index (χ0n) is 15.3. The van der Waals surface area contributed by atoms with Crippen LogP contribution >= 0.6 is 15.9 Å². The maximum Gasteiger partial charge on any atom is 0.314 e. The molecular weight excluding hydrogens is 388 g/mol. The zero-order valence-corrected chi connectivity index (χ0v) is 16.9. The SMILES string of the molecule is COC(=O)CCNC(=O)NCCCOc1ccc(C(C)(C)C)cc1Br. The summed E-state index contributed by atoms with van der Waals surface area (Å²) in [7, 11) is 1.32. The Morgan fingerprint density at radius 3 is 2.44 bits per heavy atom. The van der Waals surface area contributed by atoms with Gasteiger partial charge in [-0.25, -0.2) is 4.79 Å². The highest BCUT2D eigenvalue weighted by Gasteiger charge is 2.15. The van der Waals surface area contributed by atoms with Crippen molar-refractivity contribution in [3.63, 3.8) is 0 Å². The van der Waals surface area contributed by atoms with Crippen molar-refractivity contribution in [1.29, 1.82) is 0 Å². The first-order valence-electron chi connectivity index (χ1n) is 8.25. The predicted octanol–water partition coefficient (Wildman–Crippen LogP) is 3.38. The van der Waals surface area contributed by atoms with Crippen molar-refractivity contribution < 1.29 is 19.1 Å². The van der Waals surface area contributed by atoms with Crippen molar-refractivity contribution in [1.82, 2.24) is 10.6 Å². The third-order valence-electron chi connectivity index (χ3n) is 3.50. The fraction of sp³-hybridized carbons (Fsp3) is 0.556. The van der Waals surface area contributed by atoms with Gasteiger partial charge in [0.2, 0.25) is 0 Å². The van der Waals surface area contributed by atoms with E-state index in [1.54, 1.807) is 0 Å². The lowest BCUT2D eigenvalue weighted by Crippen LogP contribution is -2.37. The van der Waals surface area contributed by atoms with E-state index in [-0.39, 0.29) is 30.4 Å². The number of ether oxygens (including phenoxy) is 2. The Labute approximate surface area is 157 Å². The summed E-state index contributed by atoms with van der Waals surface area (Å²) in [5.74, 6) is 0.437. The van der Waals surface area contributed by atoms with E-state index in [0.29, 0.717) is 19.6 Å². The van der Waals surface area contributed by atoms with Gasteiger partial charge in [-0.2, -0.15) is 0 Å². The molecule has 0 saturated carbocycles. The molecule has 1 rings (SSSR count). The number of benzene rings is 1. The topological polar surface area (TPSA) is 76.7 Å². The molecule has 0 saturated heterocycles. The van der Waals surface area contributed by atoms with Crippen molar-refractivity contribution in [3.05, 3.63) is 28.2 Å². The van der Waals surface area contributed by atoms with Crippen LogP contribution in [0.5, 0.6) is 5.75 Å². The highest BCUT2D eigenvalue weighted by molar-refractivity contribution is 9.10. The normalized spacial score (nSPS) is 10.9. The third kappa shape index (κ3) is 8.25. The summed E-state index contributed by atoms with van der Waals surface area (Å²) in [5.41, 5.74) is 1.32. The van der Waals surface area contributed by atoms with Gasteiger partial charge >= 0.3 is 12.0 Å². The molecule has 0 aliphatic rings. The molecule has 0 radical (unpaired) electrons. The van der Waals surface area contributed by atoms with Crippen LogP contribution < -0.4 is 15.4 Å². The second kappa shape index (κ2) is 10.3. The number of amides is 2. The van der Waals surface area contributed by atoms with Gasteiger partial charge < -0.3 is 20.1 Å². The monoisotopic (exact) mass is 414 g/mol. The molecule has 1 aromatic rings. The Morgan fingerprint density at radius 2 is 1.84 bits per heavy atom. The third-order valence-corrected chi connectivity index (χ3v) is 4.12. The smallest absolute Gasteiger partial charge is 0.314 e. The van der Waals surface area contributed by atoms with E-state index in [9.17, 15) is 9.59 Å². The maximum atomic E-state index is 11.5. The summed E-state index contributed by atoms with van der Waals surface area (Å²) in [5, 5.41) is 5.30. The minimum Gasteiger partial charge on any atom is -0.492 e. The molecule has 6 nitrogen and oxygen atoms in total. The van der Waals surface area contributed by atoms with E-state index in [4.69, 9.17) is 4.74 Å². The largest absolute Gasteiger partial charge is 0.492 e. The first-order chi connectivity index (χ1) is 11.7. The summed E-state index contributed by atoms with van der Waals surface area (Å²) in [6.07, 6.45) is 0.837. The van der Waals surface area contributed by atoms with Crippen molar-refractivity contribution in [2.24, 2.45) is 0 Å². The summed E-state index contributed by atoms with van der Waals surface area (Å²) >= 11 is 3.54. The molecule has 0 aromatic heterocycles. The molecule has 7 heteroatoms. The van der Waals surface area contributed by atoms with E-state index >= 15 is 0 Å². The lowest BCUT2D eigenvalue weighted by atomic mass is 9.87. The van der Waals surface area contributed by atoms with Gasteiger partial charge in [-0.1, -0.05) is 26.8 Å². The van der Waals surface area contributed by atoms with E-state index in [2.05, 4.69) is 64.2 Å². The highest BCUT2D eigenvalue weighted by Crippen LogP contribution is 2.31. The van der Waals surface area contributed by atoms with E-state index in [1.807, 2.05) is 6.07 Å². The number of carbonyl (C=O) groups is 2. The first kappa shape index (κ1) is 21.3. The number of rotatable bonds is 8. The van der Waals surface area contributed by atoms with E-state index < -0.39 is 0 Å². The van der Waals surface area contributed by atoms with Crippen molar-refractivity contribution >= 4 is 27.9 Å². The summed E-state index contributed by atoms with van der Waals surface area (Å²) in [6.45, 7) is 7.73. The number of carbonyl (C=O) groups excluding carboxylic acids is 2. The van der Waals surface area contributed by atoms with Crippen LogP contribution in [0.3, 0.4) is 0 Å². The predicted molar refractivity (Wildman–Crippen MR) is 101 cm³/mol. The highest BCUT2D eigenvalue weighted by atomic mass is 79.9. The van der Waals surface area contributed by atoms with Gasteiger partial charge in [-0.05, 0) is 45.5 Å². The molecule has 25 heavy (non-hydrogen) atoms. The van der Waals surface area contributed by atoms with Crippen LogP contribution in [0, 0.1) is 0 Å². The maximum absolute atomic E-state index is 11.5. The standard InChI is InChI=1S/C18H27BrN2O4/c1-18(2,3)13-6-7-15(14(19)12-13)25-11-5-9-20-17(23)21-10-8-16(22)24-4/h6-7,12H,5,8-11H2,1-4H3,(H2,20,21,23). The average Bonchev–Trinajstić information content (AvgIpc) is 2.54. The van der Waals surface area contributed by atoms with Crippen LogP contribution in [0.15, 0.2) is 22.7 Å². The quantitative estimate of drug-likeness (QED) is 0.504. The molecule has 0 atom stereocenters. The molecular formula is C18H27BrN2O4. The minimum absolute atomic E-state index is 0.0895. The fourth-order valence-electron chi connectivity index (χ4n) is 1.98. The van der Waals surface area contributed by atoms with Gasteiger partial charge in [0.15, 0.2) is 0 Å². The van der Waals surface area contributed by atoms with Gasteiger partial charge in [0.1, 0.15) is 5.75 Å². The van der Waals surface area contributed by atoms with Crippen LogP contribution in [0.2, 0.25) is 0 Å². The number of urea groups is 1. The molecule has 2 amide bonds. The lowest BCUT2D eigenvalue weighted by molar-refractivity contribution is -0.140. The van der Waals surface area contributed by atoms with Crippen molar-refractivity contribution in [3.8, 4) is 5.75 Å². The lowest BCUT2D eigenvalue weighted by Gasteiger charge is -2.20. The first-order valence-corrected chi connectivity index (χ1v) is 9.04. The van der Waals surface area contributed by atoms with Gasteiger partial charge in [-0.15, -0.1) is 0 Å². The van der Waals surface area contributed by atoms with Crippen molar-refractivity contribution in [2.75, 3.05) is 26.8 Å². The molecule has 2 N–H and O–H groups in total. The van der Waals surface area contributed by atoms with Crippen LogP contribution in [0.25, 0.3) is 0 Å². The van der Waals surface area contributed by atoms with Gasteiger partial charge in [0.05, 0.1) is 24.6 Å². The van der Waals surface area contributed by atoms with Gasteiger partial charge in [-0.3, -0.25) is 4.79 Å². The average molecular weight is 415 g/mol. The van der Waals surface area contributed by atoms with Crippen LogP contribution in [-0.2, 0) is 14.9 Å². The zero-order chi connectivity index (χ0) is 18.9. The molecule has 0 spiro atoms.